The van der Waals surface area contributed by atoms with Gasteiger partial charge in [0, 0.05) is 38.1 Å². The van der Waals surface area contributed by atoms with Crippen LogP contribution >= 0.6 is 0 Å². The molecule has 0 aromatic rings. The molecule has 1 aliphatic rings. The third-order valence-electron chi connectivity index (χ3n) is 9.54. The van der Waals surface area contributed by atoms with Crippen molar-refractivity contribution in [1.29, 1.82) is 0 Å². The van der Waals surface area contributed by atoms with E-state index < -0.39 is 35.9 Å². The Bertz CT molecular complexity index is 1060. The van der Waals surface area contributed by atoms with E-state index in [0.29, 0.717) is 25.8 Å². The lowest BCUT2D eigenvalue weighted by Gasteiger charge is -2.28. The fourth-order valence-corrected chi connectivity index (χ4v) is 6.35. The maximum absolute atomic E-state index is 12.8. The summed E-state index contributed by atoms with van der Waals surface area (Å²) in [7, 11) is 0. The second-order valence-electron chi connectivity index (χ2n) is 14.0. The number of aliphatic carboxylic acids is 3. The standard InChI is InChI=1S/C37H63N3O10/c1-27(41)18-23-30(36(47)48)39-33(43)25-24-31(37(49)50)40-35(46)29-21-19-28(20-22-29)26-38-32(42)16-14-12-10-8-6-4-2-3-5-7-9-11-13-15-17-34(44)45/h28-31H,2-26H2,1H3,(H,38,42)(H,39,43)(H,40,46)(H,44,45)(H,47,48)(H,49,50). The van der Waals surface area contributed by atoms with E-state index in [1.165, 1.54) is 58.3 Å². The second-order valence-corrected chi connectivity index (χ2v) is 14.0. The Morgan fingerprint density at radius 1 is 0.540 bits per heavy atom. The summed E-state index contributed by atoms with van der Waals surface area (Å²) in [5.74, 6) is -4.57. The molecule has 6 N–H and O–H groups in total. The number of rotatable bonds is 30. The number of amides is 3. The minimum Gasteiger partial charge on any atom is -0.481 e. The van der Waals surface area contributed by atoms with Gasteiger partial charge in [0.25, 0.3) is 0 Å². The van der Waals surface area contributed by atoms with Gasteiger partial charge in [-0.1, -0.05) is 77.0 Å². The molecule has 2 atom stereocenters. The molecule has 0 bridgehead atoms. The summed E-state index contributed by atoms with van der Waals surface area (Å²) in [5, 5.41) is 35.3. The van der Waals surface area contributed by atoms with Gasteiger partial charge in [-0.15, -0.1) is 0 Å². The number of Topliss-reactive ketones (excluding diaryl/α,β-unsaturated/α-hetero) is 1. The van der Waals surface area contributed by atoms with Crippen LogP contribution in [-0.2, 0) is 33.6 Å². The Morgan fingerprint density at radius 3 is 1.44 bits per heavy atom. The van der Waals surface area contributed by atoms with Crippen LogP contribution in [0, 0.1) is 11.8 Å². The lowest BCUT2D eigenvalue weighted by atomic mass is 9.81. The van der Waals surface area contributed by atoms with Crippen molar-refractivity contribution in [3.05, 3.63) is 0 Å². The molecule has 0 spiro atoms. The second kappa shape index (κ2) is 27.2. The molecule has 13 nitrogen and oxygen atoms in total. The molecule has 0 saturated heterocycles. The average molecular weight is 710 g/mol. The largest absolute Gasteiger partial charge is 0.481 e. The molecule has 0 aromatic heterocycles. The van der Waals surface area contributed by atoms with Gasteiger partial charge < -0.3 is 36.1 Å². The van der Waals surface area contributed by atoms with Crippen LogP contribution in [0.3, 0.4) is 0 Å². The molecule has 1 saturated carbocycles. The fraction of sp³-hybridized carbons (Fsp3) is 0.811. The summed E-state index contributed by atoms with van der Waals surface area (Å²) >= 11 is 0. The van der Waals surface area contributed by atoms with Gasteiger partial charge in [0.05, 0.1) is 0 Å². The predicted octanol–water partition coefficient (Wildman–Crippen LogP) is 5.52. The first-order valence-corrected chi connectivity index (χ1v) is 18.9. The molecule has 286 valence electrons. The van der Waals surface area contributed by atoms with Crippen molar-refractivity contribution in [1.82, 2.24) is 16.0 Å². The van der Waals surface area contributed by atoms with Crippen LogP contribution < -0.4 is 16.0 Å². The number of carboxylic acid groups (broad SMARTS) is 3. The first kappa shape index (κ1) is 44.5. The van der Waals surface area contributed by atoms with Crippen LogP contribution in [0.2, 0.25) is 0 Å². The predicted molar refractivity (Wildman–Crippen MR) is 188 cm³/mol. The van der Waals surface area contributed by atoms with E-state index in [1.807, 2.05) is 0 Å². The molecule has 2 unspecified atom stereocenters. The normalized spacial score (nSPS) is 16.9. The number of hydrogen-bond acceptors (Lipinski definition) is 7. The van der Waals surface area contributed by atoms with E-state index >= 15 is 0 Å². The topological polar surface area (TPSA) is 216 Å². The number of carboxylic acids is 3. The molecule has 1 aliphatic carbocycles. The zero-order valence-electron chi connectivity index (χ0n) is 30.2. The smallest absolute Gasteiger partial charge is 0.326 e. The van der Waals surface area contributed by atoms with Crippen LogP contribution in [0.4, 0.5) is 0 Å². The summed E-state index contributed by atoms with van der Waals surface area (Å²) in [6.07, 6.45) is 18.7. The van der Waals surface area contributed by atoms with Crippen molar-refractivity contribution in [2.24, 2.45) is 11.8 Å². The highest BCUT2D eigenvalue weighted by Crippen LogP contribution is 2.29. The highest BCUT2D eigenvalue weighted by atomic mass is 16.4. The molecule has 1 rings (SSSR count). The van der Waals surface area contributed by atoms with E-state index in [-0.39, 0.29) is 61.5 Å². The minimum absolute atomic E-state index is 0.00863. The molecular weight excluding hydrogens is 646 g/mol. The van der Waals surface area contributed by atoms with Gasteiger partial charge in [0.15, 0.2) is 0 Å². The number of hydrogen-bond donors (Lipinski definition) is 6. The van der Waals surface area contributed by atoms with Gasteiger partial charge in [-0.2, -0.15) is 0 Å². The van der Waals surface area contributed by atoms with Crippen LogP contribution in [0.5, 0.6) is 0 Å². The van der Waals surface area contributed by atoms with Crippen LogP contribution in [-0.4, -0.2) is 75.4 Å². The Kier molecular flexibility index (Phi) is 24.3. The van der Waals surface area contributed by atoms with Crippen molar-refractivity contribution in [3.8, 4) is 0 Å². The fourth-order valence-electron chi connectivity index (χ4n) is 6.35. The summed E-state index contributed by atoms with van der Waals surface area (Å²) in [4.78, 5) is 82.2. The van der Waals surface area contributed by atoms with Gasteiger partial charge >= 0.3 is 17.9 Å². The van der Waals surface area contributed by atoms with Crippen LogP contribution in [0.1, 0.15) is 161 Å². The Labute approximate surface area is 297 Å². The van der Waals surface area contributed by atoms with Gasteiger partial charge in [0.1, 0.15) is 17.9 Å². The Morgan fingerprint density at radius 2 is 0.980 bits per heavy atom. The minimum atomic E-state index is -1.29. The third-order valence-corrected chi connectivity index (χ3v) is 9.54. The highest BCUT2D eigenvalue weighted by molar-refractivity contribution is 5.87. The lowest BCUT2D eigenvalue weighted by Crippen LogP contribution is -2.46. The van der Waals surface area contributed by atoms with E-state index in [4.69, 9.17) is 5.11 Å². The SMILES string of the molecule is CC(=O)CCC(NC(=O)CCC(NC(=O)C1CCC(CNC(=O)CCCCCCCCCCCCCCCCC(=O)O)CC1)C(=O)O)C(=O)O. The van der Waals surface area contributed by atoms with Crippen molar-refractivity contribution in [3.63, 3.8) is 0 Å². The average Bonchev–Trinajstić information content (AvgIpc) is 3.06. The lowest BCUT2D eigenvalue weighted by molar-refractivity contribution is -0.144. The number of ketones is 1. The van der Waals surface area contributed by atoms with E-state index in [1.54, 1.807) is 0 Å². The molecule has 50 heavy (non-hydrogen) atoms. The molecule has 1 fully saturated rings. The van der Waals surface area contributed by atoms with E-state index in [9.17, 15) is 43.8 Å². The van der Waals surface area contributed by atoms with Gasteiger partial charge in [-0.3, -0.25) is 19.2 Å². The molecule has 0 heterocycles. The molecule has 3 amide bonds. The first-order chi connectivity index (χ1) is 23.9. The molecule has 0 aromatic carbocycles. The van der Waals surface area contributed by atoms with Crippen LogP contribution in [0.15, 0.2) is 0 Å². The Hall–Kier alpha value is -3.51. The maximum Gasteiger partial charge on any atom is 0.326 e. The van der Waals surface area contributed by atoms with Gasteiger partial charge in [0.2, 0.25) is 17.7 Å². The van der Waals surface area contributed by atoms with Gasteiger partial charge in [-0.25, -0.2) is 9.59 Å². The number of unbranched alkanes of at least 4 members (excludes halogenated alkanes) is 13. The molecular formula is C37H63N3O10. The summed E-state index contributed by atoms with van der Waals surface area (Å²) in [6.45, 7) is 1.89. The monoisotopic (exact) mass is 709 g/mol. The van der Waals surface area contributed by atoms with Crippen LogP contribution in [0.25, 0.3) is 0 Å². The molecule has 0 radical (unpaired) electrons. The maximum atomic E-state index is 12.8. The zero-order valence-corrected chi connectivity index (χ0v) is 30.2. The van der Waals surface area contributed by atoms with Crippen molar-refractivity contribution in [2.45, 2.75) is 173 Å². The summed E-state index contributed by atoms with van der Waals surface area (Å²) in [6, 6.07) is -2.54. The van der Waals surface area contributed by atoms with E-state index in [0.717, 1.165) is 51.4 Å². The number of nitrogens with one attached hydrogen (secondary N) is 3. The summed E-state index contributed by atoms with van der Waals surface area (Å²) < 4.78 is 0. The molecule has 0 aliphatic heterocycles. The molecule has 13 heteroatoms. The quantitative estimate of drug-likeness (QED) is 0.0513. The van der Waals surface area contributed by atoms with Gasteiger partial charge in [-0.05, 0) is 64.2 Å². The summed E-state index contributed by atoms with van der Waals surface area (Å²) in [5.41, 5.74) is 0. The van der Waals surface area contributed by atoms with Crippen molar-refractivity contribution < 1.29 is 48.9 Å². The van der Waals surface area contributed by atoms with E-state index in [2.05, 4.69) is 16.0 Å². The Balaban J connectivity index is 2.12. The number of carbonyl (C=O) groups excluding carboxylic acids is 4. The third kappa shape index (κ3) is 23.0. The van der Waals surface area contributed by atoms with Crippen molar-refractivity contribution >= 4 is 41.4 Å². The highest BCUT2D eigenvalue weighted by Gasteiger charge is 2.30. The zero-order chi connectivity index (χ0) is 37.1. The number of carbonyl (C=O) groups is 7. The first-order valence-electron chi connectivity index (χ1n) is 18.9. The van der Waals surface area contributed by atoms with Crippen molar-refractivity contribution in [2.75, 3.05) is 6.54 Å².